The Kier molecular flexibility index (Phi) is 7.55. The summed E-state index contributed by atoms with van der Waals surface area (Å²) in [6.07, 6.45) is 1.97. The van der Waals surface area contributed by atoms with E-state index in [-0.39, 0.29) is 25.0 Å². The van der Waals surface area contributed by atoms with Crippen molar-refractivity contribution in [1.29, 1.82) is 0 Å². The molecule has 0 saturated heterocycles. The molecule has 0 radical (unpaired) electrons. The van der Waals surface area contributed by atoms with E-state index < -0.39 is 24.2 Å². The van der Waals surface area contributed by atoms with Crippen LogP contribution in [0.3, 0.4) is 0 Å². The minimum atomic E-state index is -0.886. The van der Waals surface area contributed by atoms with E-state index in [0.29, 0.717) is 5.57 Å². The highest BCUT2D eigenvalue weighted by atomic mass is 16.5. The van der Waals surface area contributed by atoms with Crippen molar-refractivity contribution >= 4 is 11.9 Å². The molecule has 1 aliphatic carbocycles. The first kappa shape index (κ1) is 18.6. The molecule has 3 atom stereocenters. The zero-order valence-electron chi connectivity index (χ0n) is 13.8. The van der Waals surface area contributed by atoms with Crippen molar-refractivity contribution in [3.05, 3.63) is 11.6 Å². The number of ether oxygens (including phenoxy) is 2. The van der Waals surface area contributed by atoms with Crippen LogP contribution in [0.15, 0.2) is 11.6 Å². The molecule has 2 N–H and O–H groups in total. The van der Waals surface area contributed by atoms with E-state index in [0.717, 1.165) is 12.8 Å². The van der Waals surface area contributed by atoms with Crippen molar-refractivity contribution in [2.45, 2.75) is 71.3 Å². The molecule has 126 valence electrons. The SMILES string of the molecule is CCOC(=O)C1=C[C@@H](OC(CC)CC)[C@@H](O)[C@H](NC(C)=O)C1. The fourth-order valence-corrected chi connectivity index (χ4v) is 2.55. The first-order chi connectivity index (χ1) is 10.4. The number of rotatable bonds is 7. The van der Waals surface area contributed by atoms with Gasteiger partial charge in [0, 0.05) is 18.9 Å². The third kappa shape index (κ3) is 5.10. The molecule has 6 nitrogen and oxygen atoms in total. The Balaban J connectivity index is 2.95. The maximum Gasteiger partial charge on any atom is 0.333 e. The Hall–Kier alpha value is -1.40. The summed E-state index contributed by atoms with van der Waals surface area (Å²) >= 11 is 0. The van der Waals surface area contributed by atoms with E-state index in [1.807, 2.05) is 13.8 Å². The van der Waals surface area contributed by atoms with Crippen molar-refractivity contribution in [2.24, 2.45) is 0 Å². The van der Waals surface area contributed by atoms with Crippen molar-refractivity contribution in [3.63, 3.8) is 0 Å². The first-order valence-electron chi connectivity index (χ1n) is 7.91. The molecular weight excluding hydrogens is 286 g/mol. The van der Waals surface area contributed by atoms with E-state index in [2.05, 4.69) is 5.32 Å². The van der Waals surface area contributed by atoms with Crippen LogP contribution in [0.25, 0.3) is 0 Å². The Morgan fingerprint density at radius 2 is 2.00 bits per heavy atom. The second-order valence-corrected chi connectivity index (χ2v) is 5.45. The van der Waals surface area contributed by atoms with E-state index in [1.165, 1.54) is 6.92 Å². The number of aliphatic hydroxyl groups excluding tert-OH is 1. The quantitative estimate of drug-likeness (QED) is 0.692. The summed E-state index contributed by atoms with van der Waals surface area (Å²) in [7, 11) is 0. The van der Waals surface area contributed by atoms with Gasteiger partial charge < -0.3 is 19.9 Å². The second kappa shape index (κ2) is 8.90. The standard InChI is InChI=1S/C16H27NO5/c1-5-12(6-2)22-14-9-11(16(20)21-7-3)8-13(15(14)19)17-10(4)18/h9,12-15,19H,5-8H2,1-4H3,(H,17,18)/t13-,14-,15+/m1/s1. The van der Waals surface area contributed by atoms with Gasteiger partial charge in [-0.2, -0.15) is 0 Å². The number of amides is 1. The molecule has 22 heavy (non-hydrogen) atoms. The lowest BCUT2D eigenvalue weighted by Gasteiger charge is -2.35. The van der Waals surface area contributed by atoms with Gasteiger partial charge >= 0.3 is 5.97 Å². The monoisotopic (exact) mass is 313 g/mol. The van der Waals surface area contributed by atoms with Crippen molar-refractivity contribution in [1.82, 2.24) is 5.32 Å². The molecule has 1 amide bonds. The summed E-state index contributed by atoms with van der Waals surface area (Å²) in [4.78, 5) is 23.3. The molecule has 0 spiro atoms. The Morgan fingerprint density at radius 1 is 1.36 bits per heavy atom. The van der Waals surface area contributed by atoms with Crippen LogP contribution in [0, 0.1) is 0 Å². The van der Waals surface area contributed by atoms with Crippen LogP contribution in [0.1, 0.15) is 47.0 Å². The van der Waals surface area contributed by atoms with Gasteiger partial charge in [-0.25, -0.2) is 4.79 Å². The smallest absolute Gasteiger partial charge is 0.333 e. The highest BCUT2D eigenvalue weighted by Gasteiger charge is 2.36. The number of esters is 1. The van der Waals surface area contributed by atoms with Gasteiger partial charge in [-0.05, 0) is 25.8 Å². The number of nitrogens with one attached hydrogen (secondary N) is 1. The predicted octanol–water partition coefficient (Wildman–Crippen LogP) is 1.32. The highest BCUT2D eigenvalue weighted by Crippen LogP contribution is 2.25. The zero-order valence-corrected chi connectivity index (χ0v) is 13.8. The van der Waals surface area contributed by atoms with Gasteiger partial charge in [-0.15, -0.1) is 0 Å². The van der Waals surface area contributed by atoms with Crippen molar-refractivity contribution in [2.75, 3.05) is 6.61 Å². The van der Waals surface area contributed by atoms with Crippen LogP contribution in [0.2, 0.25) is 0 Å². The molecule has 0 fully saturated rings. The van der Waals surface area contributed by atoms with Gasteiger partial charge in [0.2, 0.25) is 5.91 Å². The minimum Gasteiger partial charge on any atom is -0.463 e. The van der Waals surface area contributed by atoms with E-state index in [9.17, 15) is 14.7 Å². The van der Waals surface area contributed by atoms with Gasteiger partial charge in [0.05, 0.1) is 18.8 Å². The molecule has 0 aromatic heterocycles. The molecule has 0 aromatic carbocycles. The lowest BCUT2D eigenvalue weighted by molar-refractivity contribution is -0.140. The molecule has 0 saturated carbocycles. The normalized spacial score (nSPS) is 24.8. The average molecular weight is 313 g/mol. The number of carbonyl (C=O) groups is 2. The average Bonchev–Trinajstić information content (AvgIpc) is 2.47. The molecule has 0 bridgehead atoms. The fraction of sp³-hybridized carbons (Fsp3) is 0.750. The molecule has 1 rings (SSSR count). The van der Waals surface area contributed by atoms with Gasteiger partial charge in [-0.1, -0.05) is 13.8 Å². The summed E-state index contributed by atoms with van der Waals surface area (Å²) in [6.45, 7) is 7.41. The summed E-state index contributed by atoms with van der Waals surface area (Å²) in [5.74, 6) is -0.682. The zero-order chi connectivity index (χ0) is 16.7. The lowest BCUT2D eigenvalue weighted by Crippen LogP contribution is -2.52. The van der Waals surface area contributed by atoms with Crippen LogP contribution >= 0.6 is 0 Å². The van der Waals surface area contributed by atoms with Crippen LogP contribution in [0.4, 0.5) is 0 Å². The summed E-state index contributed by atoms with van der Waals surface area (Å²) in [5, 5.41) is 13.1. The summed E-state index contributed by atoms with van der Waals surface area (Å²) < 4.78 is 10.9. The Labute approximate surface area is 131 Å². The summed E-state index contributed by atoms with van der Waals surface area (Å²) in [6, 6.07) is -0.554. The molecule has 6 heteroatoms. The molecular formula is C16H27NO5. The van der Waals surface area contributed by atoms with Crippen LogP contribution < -0.4 is 5.32 Å². The molecule has 1 aliphatic rings. The third-order valence-corrected chi connectivity index (χ3v) is 3.74. The first-order valence-corrected chi connectivity index (χ1v) is 7.91. The van der Waals surface area contributed by atoms with Crippen LogP contribution in [0.5, 0.6) is 0 Å². The number of hydrogen-bond donors (Lipinski definition) is 2. The predicted molar refractivity (Wildman–Crippen MR) is 82.2 cm³/mol. The van der Waals surface area contributed by atoms with Crippen molar-refractivity contribution < 1.29 is 24.2 Å². The van der Waals surface area contributed by atoms with Crippen LogP contribution in [-0.4, -0.2) is 47.9 Å². The molecule has 0 heterocycles. The fourth-order valence-electron chi connectivity index (χ4n) is 2.55. The summed E-state index contributed by atoms with van der Waals surface area (Å²) in [5.41, 5.74) is 0.432. The van der Waals surface area contributed by atoms with Gasteiger partial charge in [-0.3, -0.25) is 4.79 Å². The molecule has 0 unspecified atom stereocenters. The molecule has 0 aromatic rings. The third-order valence-electron chi connectivity index (χ3n) is 3.74. The maximum absolute atomic E-state index is 12.0. The maximum atomic E-state index is 12.0. The number of aliphatic hydroxyl groups is 1. The second-order valence-electron chi connectivity index (χ2n) is 5.45. The van der Waals surface area contributed by atoms with Crippen molar-refractivity contribution in [3.8, 4) is 0 Å². The van der Waals surface area contributed by atoms with E-state index in [1.54, 1.807) is 13.0 Å². The van der Waals surface area contributed by atoms with E-state index >= 15 is 0 Å². The highest BCUT2D eigenvalue weighted by molar-refractivity contribution is 5.89. The Bertz CT molecular complexity index is 417. The van der Waals surface area contributed by atoms with Gasteiger partial charge in [0.15, 0.2) is 0 Å². The van der Waals surface area contributed by atoms with E-state index in [4.69, 9.17) is 9.47 Å². The van der Waals surface area contributed by atoms with Crippen LogP contribution in [-0.2, 0) is 19.1 Å². The van der Waals surface area contributed by atoms with Gasteiger partial charge in [0.25, 0.3) is 0 Å². The number of hydrogen-bond acceptors (Lipinski definition) is 5. The van der Waals surface area contributed by atoms with Gasteiger partial charge in [0.1, 0.15) is 12.2 Å². The minimum absolute atomic E-state index is 0.00424. The molecule has 0 aliphatic heterocycles. The topological polar surface area (TPSA) is 84.9 Å². The lowest BCUT2D eigenvalue weighted by atomic mass is 9.89. The number of carbonyl (C=O) groups excluding carboxylic acids is 2. The Morgan fingerprint density at radius 3 is 2.50 bits per heavy atom. The largest absolute Gasteiger partial charge is 0.463 e.